The normalized spacial score (nSPS) is 19.4. The molecule has 4 heteroatoms. The molecule has 0 amide bonds. The van der Waals surface area contributed by atoms with Crippen molar-refractivity contribution in [2.24, 2.45) is 0 Å². The van der Waals surface area contributed by atoms with Crippen LogP contribution >= 0.6 is 11.8 Å². The minimum absolute atomic E-state index is 0.306. The lowest BCUT2D eigenvalue weighted by molar-refractivity contribution is 0.210. The molecule has 0 aliphatic carbocycles. The van der Waals surface area contributed by atoms with Crippen LogP contribution in [0.25, 0.3) is 0 Å². The van der Waals surface area contributed by atoms with Gasteiger partial charge in [0, 0.05) is 24.1 Å². The molecule has 1 atom stereocenters. The molecule has 1 aromatic rings. The molecule has 1 aromatic carbocycles. The molecule has 0 aromatic heterocycles. The van der Waals surface area contributed by atoms with Gasteiger partial charge in [0.05, 0.1) is 7.11 Å². The van der Waals surface area contributed by atoms with Crippen molar-refractivity contribution in [1.82, 2.24) is 4.90 Å². The molecule has 20 heavy (non-hydrogen) atoms. The molecule has 1 heterocycles. The average Bonchev–Trinajstić information content (AvgIpc) is 2.92. The van der Waals surface area contributed by atoms with Crippen LogP contribution in [0.5, 0.6) is 5.75 Å². The number of ether oxygens (including phenoxy) is 1. The van der Waals surface area contributed by atoms with Crippen molar-refractivity contribution < 1.29 is 9.84 Å². The van der Waals surface area contributed by atoms with Gasteiger partial charge in [0.2, 0.25) is 0 Å². The summed E-state index contributed by atoms with van der Waals surface area (Å²) in [7, 11) is 1.73. The van der Waals surface area contributed by atoms with Crippen molar-refractivity contribution in [1.29, 1.82) is 0 Å². The molecule has 0 radical (unpaired) electrons. The van der Waals surface area contributed by atoms with Crippen LogP contribution < -0.4 is 4.74 Å². The summed E-state index contributed by atoms with van der Waals surface area (Å²) in [6, 6.07) is 7.15. The summed E-state index contributed by atoms with van der Waals surface area (Å²) in [5.41, 5.74) is 1.32. The number of benzene rings is 1. The van der Waals surface area contributed by atoms with Crippen LogP contribution in [-0.4, -0.2) is 42.6 Å². The SMILES string of the molecule is COc1cc(CN2CCCC2CCCO)ccc1SC. The summed E-state index contributed by atoms with van der Waals surface area (Å²) in [5.74, 6) is 0.973. The maximum atomic E-state index is 8.99. The van der Waals surface area contributed by atoms with Gasteiger partial charge >= 0.3 is 0 Å². The van der Waals surface area contributed by atoms with Crippen LogP contribution in [0.1, 0.15) is 31.2 Å². The number of aliphatic hydroxyl groups is 1. The fraction of sp³-hybridized carbons (Fsp3) is 0.625. The van der Waals surface area contributed by atoms with Crippen LogP contribution in [-0.2, 0) is 6.54 Å². The smallest absolute Gasteiger partial charge is 0.132 e. The van der Waals surface area contributed by atoms with Crippen LogP contribution in [0.4, 0.5) is 0 Å². The van der Waals surface area contributed by atoms with Gasteiger partial charge in [-0.25, -0.2) is 0 Å². The molecule has 0 spiro atoms. The number of likely N-dealkylation sites (tertiary alicyclic amines) is 1. The molecule has 3 nitrogen and oxygen atoms in total. The zero-order chi connectivity index (χ0) is 14.4. The lowest BCUT2D eigenvalue weighted by Gasteiger charge is -2.24. The van der Waals surface area contributed by atoms with E-state index >= 15 is 0 Å². The third-order valence-corrected chi connectivity index (χ3v) is 4.81. The highest BCUT2D eigenvalue weighted by atomic mass is 32.2. The Labute approximate surface area is 126 Å². The van der Waals surface area contributed by atoms with Gasteiger partial charge in [0.15, 0.2) is 0 Å². The first-order chi connectivity index (χ1) is 9.78. The van der Waals surface area contributed by atoms with Crippen LogP contribution in [0.3, 0.4) is 0 Å². The number of rotatable bonds is 7. The van der Waals surface area contributed by atoms with Crippen molar-refractivity contribution >= 4 is 11.8 Å². The highest BCUT2D eigenvalue weighted by Crippen LogP contribution is 2.30. The Morgan fingerprint density at radius 3 is 3.00 bits per heavy atom. The molecular weight excluding hydrogens is 270 g/mol. The maximum Gasteiger partial charge on any atom is 0.132 e. The molecule has 1 saturated heterocycles. The van der Waals surface area contributed by atoms with Crippen molar-refractivity contribution in [2.75, 3.05) is 26.5 Å². The summed E-state index contributed by atoms with van der Waals surface area (Å²) >= 11 is 1.72. The second-order valence-corrected chi connectivity index (χ2v) is 6.17. The Morgan fingerprint density at radius 2 is 2.30 bits per heavy atom. The highest BCUT2D eigenvalue weighted by molar-refractivity contribution is 7.98. The molecule has 1 aliphatic rings. The molecular formula is C16H25NO2S. The molecule has 2 rings (SSSR count). The lowest BCUT2D eigenvalue weighted by Crippen LogP contribution is -2.29. The van der Waals surface area contributed by atoms with Gasteiger partial charge < -0.3 is 9.84 Å². The first-order valence-electron chi connectivity index (χ1n) is 7.34. The van der Waals surface area contributed by atoms with E-state index < -0.39 is 0 Å². The fourth-order valence-electron chi connectivity index (χ4n) is 2.97. The predicted octanol–water partition coefficient (Wildman–Crippen LogP) is 3.15. The predicted molar refractivity (Wildman–Crippen MR) is 84.5 cm³/mol. The summed E-state index contributed by atoms with van der Waals surface area (Å²) in [6.07, 6.45) is 6.63. The van der Waals surface area contributed by atoms with Crippen LogP contribution in [0.2, 0.25) is 0 Å². The number of thioether (sulfide) groups is 1. The first-order valence-corrected chi connectivity index (χ1v) is 8.56. The van der Waals surface area contributed by atoms with E-state index in [-0.39, 0.29) is 0 Å². The minimum Gasteiger partial charge on any atom is -0.496 e. The topological polar surface area (TPSA) is 32.7 Å². The van der Waals surface area contributed by atoms with E-state index in [2.05, 4.69) is 29.4 Å². The van der Waals surface area contributed by atoms with Crippen molar-refractivity contribution in [3.8, 4) is 5.75 Å². The van der Waals surface area contributed by atoms with E-state index in [1.165, 1.54) is 29.8 Å². The molecule has 1 aliphatic heterocycles. The Kier molecular flexibility index (Phi) is 6.20. The van der Waals surface area contributed by atoms with Gasteiger partial charge in [0.25, 0.3) is 0 Å². The van der Waals surface area contributed by atoms with Gasteiger partial charge in [-0.05, 0) is 56.2 Å². The van der Waals surface area contributed by atoms with E-state index in [9.17, 15) is 0 Å². The van der Waals surface area contributed by atoms with E-state index in [1.54, 1.807) is 18.9 Å². The highest BCUT2D eigenvalue weighted by Gasteiger charge is 2.24. The van der Waals surface area contributed by atoms with Gasteiger partial charge in [-0.15, -0.1) is 11.8 Å². The Hall–Kier alpha value is -0.710. The number of methoxy groups -OCH3 is 1. The van der Waals surface area contributed by atoms with Crippen molar-refractivity contribution in [2.45, 2.75) is 43.2 Å². The molecule has 1 unspecified atom stereocenters. The van der Waals surface area contributed by atoms with Crippen molar-refractivity contribution in [3.05, 3.63) is 23.8 Å². The summed E-state index contributed by atoms with van der Waals surface area (Å²) < 4.78 is 5.46. The zero-order valence-electron chi connectivity index (χ0n) is 12.5. The standard InChI is InChI=1S/C16H25NO2S/c1-19-15-11-13(7-8-16(15)20-2)12-17-9-3-5-14(17)6-4-10-18/h7-8,11,14,18H,3-6,9-10,12H2,1-2H3. The third-order valence-electron chi connectivity index (χ3n) is 4.03. The zero-order valence-corrected chi connectivity index (χ0v) is 13.3. The summed E-state index contributed by atoms with van der Waals surface area (Å²) in [5, 5.41) is 8.99. The van der Waals surface area contributed by atoms with E-state index in [1.807, 2.05) is 0 Å². The molecule has 1 N–H and O–H groups in total. The van der Waals surface area contributed by atoms with E-state index in [0.717, 1.165) is 25.1 Å². The second-order valence-electron chi connectivity index (χ2n) is 5.32. The quantitative estimate of drug-likeness (QED) is 0.783. The van der Waals surface area contributed by atoms with E-state index in [4.69, 9.17) is 9.84 Å². The second kappa shape index (κ2) is 7.91. The number of hydrogen-bond acceptors (Lipinski definition) is 4. The summed E-state index contributed by atoms with van der Waals surface area (Å²) in [6.45, 7) is 2.46. The molecule has 0 bridgehead atoms. The van der Waals surface area contributed by atoms with Crippen LogP contribution in [0.15, 0.2) is 23.1 Å². The van der Waals surface area contributed by atoms with E-state index in [0.29, 0.717) is 12.6 Å². The van der Waals surface area contributed by atoms with Gasteiger partial charge in [0.1, 0.15) is 5.75 Å². The number of hydrogen-bond donors (Lipinski definition) is 1. The van der Waals surface area contributed by atoms with Gasteiger partial charge in [-0.3, -0.25) is 4.90 Å². The molecule has 0 saturated carbocycles. The largest absolute Gasteiger partial charge is 0.496 e. The monoisotopic (exact) mass is 295 g/mol. The molecule has 112 valence electrons. The number of nitrogens with zero attached hydrogens (tertiary/aromatic N) is 1. The molecule has 1 fully saturated rings. The Morgan fingerprint density at radius 1 is 1.45 bits per heavy atom. The Bertz CT molecular complexity index is 425. The maximum absolute atomic E-state index is 8.99. The fourth-order valence-corrected chi connectivity index (χ4v) is 3.52. The third kappa shape index (κ3) is 3.90. The van der Waals surface area contributed by atoms with Gasteiger partial charge in [-0.2, -0.15) is 0 Å². The average molecular weight is 295 g/mol. The van der Waals surface area contributed by atoms with Crippen LogP contribution in [0, 0.1) is 0 Å². The first kappa shape index (κ1) is 15.7. The summed E-state index contributed by atoms with van der Waals surface area (Å²) in [4.78, 5) is 3.73. The van der Waals surface area contributed by atoms with Gasteiger partial charge in [-0.1, -0.05) is 6.07 Å². The van der Waals surface area contributed by atoms with Crippen molar-refractivity contribution in [3.63, 3.8) is 0 Å². The minimum atomic E-state index is 0.306. The number of aliphatic hydroxyl groups excluding tert-OH is 1. The Balaban J connectivity index is 2.01. The lowest BCUT2D eigenvalue weighted by atomic mass is 10.1.